The Morgan fingerprint density at radius 2 is 1.77 bits per heavy atom. The van der Waals surface area contributed by atoms with Crippen molar-refractivity contribution in [1.29, 1.82) is 0 Å². The van der Waals surface area contributed by atoms with Gasteiger partial charge in [-0.2, -0.15) is 13.2 Å². The first kappa shape index (κ1) is 21.6. The van der Waals surface area contributed by atoms with Gasteiger partial charge in [0.15, 0.2) is 5.76 Å². The van der Waals surface area contributed by atoms with Crippen molar-refractivity contribution in [3.05, 3.63) is 75.6 Å². The van der Waals surface area contributed by atoms with Crippen molar-refractivity contribution in [3.8, 4) is 11.1 Å². The summed E-state index contributed by atoms with van der Waals surface area (Å²) in [5, 5.41) is 4.48. The molecule has 0 spiro atoms. The van der Waals surface area contributed by atoms with Gasteiger partial charge in [-0.1, -0.05) is 35.0 Å². The normalized spacial score (nSPS) is 12.7. The third-order valence-electron chi connectivity index (χ3n) is 4.30. The Labute approximate surface area is 175 Å². The smallest absolute Gasteiger partial charge is 0.370 e. The van der Waals surface area contributed by atoms with Gasteiger partial charge in [0, 0.05) is 23.1 Å². The molecule has 1 aliphatic heterocycles. The van der Waals surface area contributed by atoms with Crippen LogP contribution in [0.25, 0.3) is 11.1 Å². The highest BCUT2D eigenvalue weighted by Gasteiger charge is 2.33. The summed E-state index contributed by atoms with van der Waals surface area (Å²) in [6.07, 6.45) is -4.45. The minimum absolute atomic E-state index is 0.199. The number of carbonyl (C=O) groups excluding carboxylic acids is 1. The number of benzene rings is 2. The lowest BCUT2D eigenvalue weighted by molar-refractivity contribution is -0.137. The lowest BCUT2D eigenvalue weighted by Gasteiger charge is -2.14. The summed E-state index contributed by atoms with van der Waals surface area (Å²) in [7, 11) is 0. The third-order valence-corrected chi connectivity index (χ3v) is 4.56. The fourth-order valence-corrected chi connectivity index (χ4v) is 3.22. The summed E-state index contributed by atoms with van der Waals surface area (Å²) in [4.78, 5) is 13.7. The number of rotatable bonds is 1. The average molecular weight is 436 g/mol. The molecule has 0 unspecified atom stereocenters. The van der Waals surface area contributed by atoms with Crippen LogP contribution in [0.15, 0.2) is 52.0 Å². The van der Waals surface area contributed by atoms with E-state index in [9.17, 15) is 18.0 Å². The van der Waals surface area contributed by atoms with Crippen LogP contribution in [0.5, 0.6) is 0 Å². The summed E-state index contributed by atoms with van der Waals surface area (Å²) in [5.74, 6) is 0.201. The molecular formula is C21H17ClF3N3O2. The molecule has 2 heterocycles. The van der Waals surface area contributed by atoms with Crippen molar-refractivity contribution in [3.63, 3.8) is 0 Å². The van der Waals surface area contributed by atoms with Gasteiger partial charge < -0.3 is 10.3 Å². The van der Waals surface area contributed by atoms with Crippen LogP contribution in [-0.2, 0) is 17.5 Å². The fourth-order valence-electron chi connectivity index (χ4n) is 3.09. The predicted molar refractivity (Wildman–Crippen MR) is 107 cm³/mol. The SMILES string of the molecule is CC(N)=O.Cc1noc2c1-c1ccc(C(F)(F)F)cc1C(c1ccc(Cl)cc1)=NC2. The van der Waals surface area contributed by atoms with E-state index >= 15 is 0 Å². The second-order valence-corrected chi connectivity index (χ2v) is 7.04. The number of fused-ring (bicyclic) bond motifs is 3. The van der Waals surface area contributed by atoms with E-state index in [0.29, 0.717) is 44.4 Å². The molecule has 0 atom stereocenters. The van der Waals surface area contributed by atoms with Crippen molar-refractivity contribution in [2.75, 3.05) is 0 Å². The topological polar surface area (TPSA) is 81.5 Å². The van der Waals surface area contributed by atoms with Gasteiger partial charge in [-0.05, 0) is 36.8 Å². The molecule has 156 valence electrons. The number of nitrogens with two attached hydrogens (primary N) is 1. The van der Waals surface area contributed by atoms with Gasteiger partial charge in [0.2, 0.25) is 5.91 Å². The van der Waals surface area contributed by atoms with E-state index in [0.717, 1.165) is 12.1 Å². The first-order valence-corrected chi connectivity index (χ1v) is 9.19. The Kier molecular flexibility index (Phi) is 5.98. The molecule has 1 aliphatic rings. The first-order chi connectivity index (χ1) is 14.1. The molecule has 2 N–H and O–H groups in total. The van der Waals surface area contributed by atoms with E-state index in [1.807, 2.05) is 0 Å². The van der Waals surface area contributed by atoms with Crippen LogP contribution in [0.4, 0.5) is 13.2 Å². The summed E-state index contributed by atoms with van der Waals surface area (Å²) in [6.45, 7) is 3.27. The molecule has 0 fully saturated rings. The number of nitrogens with zero attached hydrogens (tertiary/aromatic N) is 2. The van der Waals surface area contributed by atoms with Gasteiger partial charge in [0.1, 0.15) is 6.54 Å². The van der Waals surface area contributed by atoms with Crippen LogP contribution in [0.2, 0.25) is 5.02 Å². The second kappa shape index (κ2) is 8.31. The van der Waals surface area contributed by atoms with Gasteiger partial charge >= 0.3 is 6.18 Å². The maximum atomic E-state index is 13.3. The minimum Gasteiger partial charge on any atom is -0.370 e. The minimum atomic E-state index is -4.45. The molecule has 0 aliphatic carbocycles. The maximum Gasteiger partial charge on any atom is 0.416 e. The van der Waals surface area contributed by atoms with E-state index in [2.05, 4.69) is 15.9 Å². The number of hydrogen-bond donors (Lipinski definition) is 1. The van der Waals surface area contributed by atoms with Gasteiger partial charge in [-0.15, -0.1) is 0 Å². The molecule has 1 amide bonds. The Hall–Kier alpha value is -3.13. The molecular weight excluding hydrogens is 419 g/mol. The number of alkyl halides is 3. The fraction of sp³-hybridized carbons (Fsp3) is 0.190. The number of primary amides is 1. The standard InChI is InChI=1S/C19H12ClF3N2O.C2H5NO/c1-10-17-14-7-4-12(19(21,22)23)8-15(14)18(24-9-16(17)26-25-10)11-2-5-13(20)6-3-11;1-2(3)4/h2-8H,9H2,1H3;1H3,(H2,3,4). The van der Waals surface area contributed by atoms with Crippen LogP contribution < -0.4 is 5.73 Å². The van der Waals surface area contributed by atoms with E-state index in [-0.39, 0.29) is 12.5 Å². The number of aromatic nitrogens is 1. The first-order valence-electron chi connectivity index (χ1n) is 8.81. The van der Waals surface area contributed by atoms with Crippen LogP contribution in [0.1, 0.15) is 35.1 Å². The van der Waals surface area contributed by atoms with Crippen LogP contribution in [0.3, 0.4) is 0 Å². The molecule has 0 saturated carbocycles. The zero-order valence-electron chi connectivity index (χ0n) is 16.0. The number of aliphatic imine (C=N–C) groups is 1. The van der Waals surface area contributed by atoms with Crippen molar-refractivity contribution >= 4 is 23.2 Å². The number of halogens is 4. The zero-order chi connectivity index (χ0) is 22.1. The highest BCUT2D eigenvalue weighted by molar-refractivity contribution is 6.30. The maximum absolute atomic E-state index is 13.3. The lowest BCUT2D eigenvalue weighted by Crippen LogP contribution is -2.10. The molecule has 3 aromatic rings. The molecule has 0 radical (unpaired) electrons. The summed E-state index contributed by atoms with van der Waals surface area (Å²) in [5.41, 5.74) is 7.23. The van der Waals surface area contributed by atoms with Crippen molar-refractivity contribution < 1.29 is 22.5 Å². The molecule has 4 rings (SSSR count). The molecule has 30 heavy (non-hydrogen) atoms. The largest absolute Gasteiger partial charge is 0.416 e. The zero-order valence-corrected chi connectivity index (χ0v) is 16.8. The molecule has 1 aromatic heterocycles. The highest BCUT2D eigenvalue weighted by Crippen LogP contribution is 2.38. The third kappa shape index (κ3) is 4.54. The van der Waals surface area contributed by atoms with Gasteiger partial charge in [-0.25, -0.2) is 0 Å². The van der Waals surface area contributed by atoms with E-state index in [1.54, 1.807) is 31.2 Å². The van der Waals surface area contributed by atoms with Crippen LogP contribution >= 0.6 is 11.6 Å². The summed E-state index contributed by atoms with van der Waals surface area (Å²) < 4.78 is 45.1. The molecule has 9 heteroatoms. The number of carbonyl (C=O) groups is 1. The Morgan fingerprint density at radius 1 is 1.13 bits per heavy atom. The monoisotopic (exact) mass is 435 g/mol. The van der Waals surface area contributed by atoms with Crippen molar-refractivity contribution in [2.45, 2.75) is 26.6 Å². The summed E-state index contributed by atoms with van der Waals surface area (Å²) >= 11 is 5.93. The quantitative estimate of drug-likeness (QED) is 0.572. The molecule has 0 bridgehead atoms. The highest BCUT2D eigenvalue weighted by atomic mass is 35.5. The molecule has 2 aromatic carbocycles. The lowest BCUT2D eigenvalue weighted by atomic mass is 9.91. The Balaban J connectivity index is 0.000000589. The van der Waals surface area contributed by atoms with E-state index in [1.165, 1.54) is 13.0 Å². The second-order valence-electron chi connectivity index (χ2n) is 6.61. The van der Waals surface area contributed by atoms with Gasteiger partial charge in [0.05, 0.1) is 22.5 Å². The van der Waals surface area contributed by atoms with Crippen molar-refractivity contribution in [2.24, 2.45) is 10.7 Å². The predicted octanol–water partition coefficient (Wildman–Crippen LogP) is 5.16. The number of amides is 1. The Morgan fingerprint density at radius 3 is 2.37 bits per heavy atom. The van der Waals surface area contributed by atoms with Crippen molar-refractivity contribution in [1.82, 2.24) is 5.16 Å². The van der Waals surface area contributed by atoms with E-state index < -0.39 is 11.7 Å². The molecule has 5 nitrogen and oxygen atoms in total. The van der Waals surface area contributed by atoms with Gasteiger partial charge in [0.25, 0.3) is 0 Å². The molecule has 0 saturated heterocycles. The van der Waals surface area contributed by atoms with Gasteiger partial charge in [-0.3, -0.25) is 9.79 Å². The number of aryl methyl sites for hydroxylation is 1. The van der Waals surface area contributed by atoms with Crippen LogP contribution in [-0.4, -0.2) is 16.8 Å². The van der Waals surface area contributed by atoms with E-state index in [4.69, 9.17) is 16.1 Å². The summed E-state index contributed by atoms with van der Waals surface area (Å²) in [6, 6.07) is 10.5. The Bertz CT molecular complexity index is 1120. The number of hydrogen-bond acceptors (Lipinski definition) is 4. The van der Waals surface area contributed by atoms with Crippen LogP contribution in [0, 0.1) is 6.92 Å². The average Bonchev–Trinajstić information content (AvgIpc) is 2.93.